The van der Waals surface area contributed by atoms with Crippen molar-refractivity contribution < 1.29 is 13.5 Å². The molecular formula is C12H10FNO2S. The van der Waals surface area contributed by atoms with E-state index in [-0.39, 0.29) is 11.6 Å². The maximum atomic E-state index is 13.0. The van der Waals surface area contributed by atoms with Crippen molar-refractivity contribution in [2.75, 3.05) is 0 Å². The van der Waals surface area contributed by atoms with Gasteiger partial charge in [0, 0.05) is 0 Å². The Morgan fingerprint density at radius 2 is 2.24 bits per heavy atom. The van der Waals surface area contributed by atoms with Crippen LogP contribution in [-0.2, 0) is 6.61 Å². The van der Waals surface area contributed by atoms with Crippen LogP contribution >= 0.6 is 12.2 Å². The lowest BCUT2D eigenvalue weighted by Crippen LogP contribution is -2.12. The molecule has 88 valence electrons. The number of hydrogen-bond donors (Lipinski definition) is 1. The molecule has 2 N–H and O–H groups in total. The minimum Gasteiger partial charge on any atom is -0.485 e. The quantitative estimate of drug-likeness (QED) is 0.849. The molecule has 2 rings (SSSR count). The summed E-state index contributed by atoms with van der Waals surface area (Å²) in [5.74, 6) is 0.705. The highest BCUT2D eigenvalue weighted by Crippen LogP contribution is 2.21. The summed E-state index contributed by atoms with van der Waals surface area (Å²) in [5.41, 5.74) is 5.87. The van der Waals surface area contributed by atoms with E-state index in [2.05, 4.69) is 0 Å². The Morgan fingerprint density at radius 3 is 2.88 bits per heavy atom. The standard InChI is InChI=1S/C12H10FNO2S/c13-8-3-4-11(10(6-8)12(14)17)16-7-9-2-1-5-15-9/h1-6H,7H2,(H2,14,17). The second kappa shape index (κ2) is 4.97. The third-order valence-electron chi connectivity index (χ3n) is 2.16. The lowest BCUT2D eigenvalue weighted by molar-refractivity contribution is 0.269. The van der Waals surface area contributed by atoms with Gasteiger partial charge in [-0.25, -0.2) is 4.39 Å². The van der Waals surface area contributed by atoms with Gasteiger partial charge < -0.3 is 14.9 Å². The number of rotatable bonds is 4. The Labute approximate surface area is 103 Å². The van der Waals surface area contributed by atoms with E-state index < -0.39 is 5.82 Å². The van der Waals surface area contributed by atoms with Gasteiger partial charge in [-0.1, -0.05) is 12.2 Å². The van der Waals surface area contributed by atoms with Crippen LogP contribution in [0.1, 0.15) is 11.3 Å². The summed E-state index contributed by atoms with van der Waals surface area (Å²) in [5, 5.41) is 0. The first-order chi connectivity index (χ1) is 8.16. The van der Waals surface area contributed by atoms with Crippen molar-refractivity contribution in [2.24, 2.45) is 5.73 Å². The van der Waals surface area contributed by atoms with Crippen molar-refractivity contribution in [3.05, 3.63) is 53.7 Å². The van der Waals surface area contributed by atoms with Crippen molar-refractivity contribution in [1.82, 2.24) is 0 Å². The van der Waals surface area contributed by atoms with Gasteiger partial charge in [-0.3, -0.25) is 0 Å². The summed E-state index contributed by atoms with van der Waals surface area (Å²) in [6.07, 6.45) is 1.55. The van der Waals surface area contributed by atoms with Gasteiger partial charge in [-0.05, 0) is 30.3 Å². The number of thiocarbonyl (C=S) groups is 1. The molecule has 0 aliphatic heterocycles. The van der Waals surface area contributed by atoms with E-state index >= 15 is 0 Å². The minimum absolute atomic E-state index is 0.0962. The number of furan rings is 1. The predicted molar refractivity (Wildman–Crippen MR) is 65.3 cm³/mol. The lowest BCUT2D eigenvalue weighted by Gasteiger charge is -2.09. The van der Waals surface area contributed by atoms with Gasteiger partial charge in [0.05, 0.1) is 11.8 Å². The molecule has 0 amide bonds. The molecule has 5 heteroatoms. The summed E-state index contributed by atoms with van der Waals surface area (Å²) in [7, 11) is 0. The molecule has 0 radical (unpaired) electrons. The van der Waals surface area contributed by atoms with Crippen LogP contribution < -0.4 is 10.5 Å². The maximum absolute atomic E-state index is 13.0. The third kappa shape index (κ3) is 2.82. The second-order valence-electron chi connectivity index (χ2n) is 3.37. The van der Waals surface area contributed by atoms with E-state index in [1.54, 1.807) is 18.4 Å². The van der Waals surface area contributed by atoms with Crippen LogP contribution in [0.4, 0.5) is 4.39 Å². The highest BCUT2D eigenvalue weighted by Gasteiger charge is 2.08. The van der Waals surface area contributed by atoms with Crippen LogP contribution in [0.2, 0.25) is 0 Å². The van der Waals surface area contributed by atoms with Gasteiger partial charge >= 0.3 is 0 Å². The zero-order chi connectivity index (χ0) is 12.3. The number of benzene rings is 1. The Bertz CT molecular complexity index is 525. The Morgan fingerprint density at radius 1 is 1.41 bits per heavy atom. The first-order valence-corrected chi connectivity index (χ1v) is 5.32. The first-order valence-electron chi connectivity index (χ1n) is 4.91. The number of halogens is 1. The summed E-state index contributed by atoms with van der Waals surface area (Å²) in [6, 6.07) is 7.58. The molecule has 0 unspecified atom stereocenters. The minimum atomic E-state index is -0.404. The highest BCUT2D eigenvalue weighted by molar-refractivity contribution is 7.80. The van der Waals surface area contributed by atoms with E-state index in [1.165, 1.54) is 18.2 Å². The average molecular weight is 251 g/mol. The van der Waals surface area contributed by atoms with Crippen molar-refractivity contribution in [3.8, 4) is 5.75 Å². The molecule has 1 aromatic carbocycles. The van der Waals surface area contributed by atoms with Crippen LogP contribution in [0.25, 0.3) is 0 Å². The van der Waals surface area contributed by atoms with Crippen molar-refractivity contribution in [1.29, 1.82) is 0 Å². The molecule has 1 heterocycles. The number of hydrogen-bond acceptors (Lipinski definition) is 3. The Hall–Kier alpha value is -1.88. The molecule has 0 bridgehead atoms. The molecule has 0 aliphatic carbocycles. The SMILES string of the molecule is NC(=S)c1cc(F)ccc1OCc1ccco1. The Kier molecular flexibility index (Phi) is 3.39. The van der Waals surface area contributed by atoms with E-state index in [1.807, 2.05) is 0 Å². The Balaban J connectivity index is 2.17. The van der Waals surface area contributed by atoms with Gasteiger partial charge in [0.25, 0.3) is 0 Å². The van der Waals surface area contributed by atoms with Crippen LogP contribution in [0, 0.1) is 5.82 Å². The van der Waals surface area contributed by atoms with Crippen LogP contribution in [0.15, 0.2) is 41.0 Å². The molecule has 0 fully saturated rings. The van der Waals surface area contributed by atoms with Crippen molar-refractivity contribution in [3.63, 3.8) is 0 Å². The largest absolute Gasteiger partial charge is 0.485 e. The normalized spacial score (nSPS) is 10.2. The van der Waals surface area contributed by atoms with Gasteiger partial charge in [0.1, 0.15) is 28.9 Å². The van der Waals surface area contributed by atoms with Crippen molar-refractivity contribution in [2.45, 2.75) is 6.61 Å². The van der Waals surface area contributed by atoms with Crippen LogP contribution in [0.3, 0.4) is 0 Å². The molecule has 1 aromatic heterocycles. The smallest absolute Gasteiger partial charge is 0.146 e. The van der Waals surface area contributed by atoms with Crippen LogP contribution in [0.5, 0.6) is 5.75 Å². The molecule has 0 spiro atoms. The number of nitrogens with two attached hydrogens (primary N) is 1. The van der Waals surface area contributed by atoms with Crippen LogP contribution in [-0.4, -0.2) is 4.99 Å². The van der Waals surface area contributed by atoms with Gasteiger partial charge in [0.2, 0.25) is 0 Å². The molecule has 0 atom stereocenters. The van der Waals surface area contributed by atoms with E-state index in [0.29, 0.717) is 17.1 Å². The lowest BCUT2D eigenvalue weighted by atomic mass is 10.2. The van der Waals surface area contributed by atoms with Gasteiger partial charge in [0.15, 0.2) is 0 Å². The zero-order valence-corrected chi connectivity index (χ0v) is 9.67. The maximum Gasteiger partial charge on any atom is 0.146 e. The number of ether oxygens (including phenoxy) is 1. The van der Waals surface area contributed by atoms with E-state index in [9.17, 15) is 4.39 Å². The summed E-state index contributed by atoms with van der Waals surface area (Å²) >= 11 is 4.83. The molecule has 2 aromatic rings. The fourth-order valence-corrected chi connectivity index (χ4v) is 1.52. The molecule has 0 saturated carbocycles. The van der Waals surface area contributed by atoms with E-state index in [0.717, 1.165) is 0 Å². The summed E-state index contributed by atoms with van der Waals surface area (Å²) in [6.45, 7) is 0.244. The monoisotopic (exact) mass is 251 g/mol. The fraction of sp³-hybridized carbons (Fsp3) is 0.0833. The molecule has 0 saturated heterocycles. The first kappa shape index (κ1) is 11.6. The zero-order valence-electron chi connectivity index (χ0n) is 8.85. The van der Waals surface area contributed by atoms with Crippen molar-refractivity contribution >= 4 is 17.2 Å². The highest BCUT2D eigenvalue weighted by atomic mass is 32.1. The van der Waals surface area contributed by atoms with Gasteiger partial charge in [-0.2, -0.15) is 0 Å². The second-order valence-corrected chi connectivity index (χ2v) is 3.81. The summed E-state index contributed by atoms with van der Waals surface area (Å²) in [4.78, 5) is 0.0962. The molecule has 17 heavy (non-hydrogen) atoms. The molecule has 3 nitrogen and oxygen atoms in total. The topological polar surface area (TPSA) is 48.4 Å². The average Bonchev–Trinajstić information content (AvgIpc) is 2.80. The predicted octanol–water partition coefficient (Wildman–Crippen LogP) is 2.63. The molecule has 0 aliphatic rings. The summed E-state index contributed by atoms with van der Waals surface area (Å²) < 4.78 is 23.6. The third-order valence-corrected chi connectivity index (χ3v) is 2.38. The van der Waals surface area contributed by atoms with Gasteiger partial charge in [-0.15, -0.1) is 0 Å². The molecular weight excluding hydrogens is 241 g/mol. The van der Waals surface area contributed by atoms with E-state index in [4.69, 9.17) is 27.1 Å². The fourth-order valence-electron chi connectivity index (χ4n) is 1.36.